The minimum atomic E-state index is -0.736. The predicted molar refractivity (Wildman–Crippen MR) is 143 cm³/mol. The minimum absolute atomic E-state index is 0.00447. The summed E-state index contributed by atoms with van der Waals surface area (Å²) in [5, 5.41) is 17.7. The second-order valence-corrected chi connectivity index (χ2v) is 11.6. The maximum atomic E-state index is 14.4. The van der Waals surface area contributed by atoms with Crippen molar-refractivity contribution in [3.63, 3.8) is 0 Å². The Kier molecular flexibility index (Phi) is 7.58. The van der Waals surface area contributed by atoms with Crippen LogP contribution in [0, 0.1) is 11.8 Å². The number of fused-ring (bicyclic) bond motifs is 2. The van der Waals surface area contributed by atoms with E-state index in [0.717, 1.165) is 17.5 Å². The van der Waals surface area contributed by atoms with Crippen molar-refractivity contribution in [1.29, 1.82) is 0 Å². The van der Waals surface area contributed by atoms with E-state index in [2.05, 4.69) is 23.5 Å². The van der Waals surface area contributed by atoms with Gasteiger partial charge >= 0.3 is 5.97 Å². The number of aromatic nitrogens is 3. The Morgan fingerprint density at radius 2 is 2.08 bits per heavy atom. The second-order valence-electron chi connectivity index (χ2n) is 10.0. The normalized spacial score (nSPS) is 27.5. The lowest BCUT2D eigenvalue weighted by molar-refractivity contribution is -0.153. The molecule has 2 aromatic rings. The van der Waals surface area contributed by atoms with Crippen LogP contribution < -0.4 is 0 Å². The number of amides is 2. The first-order valence-corrected chi connectivity index (χ1v) is 13.9. The maximum absolute atomic E-state index is 14.4. The SMILES string of the molecule is C=CCOC(=O)[C@@H]1[C@@H]2CCC3(S2)C(C(=O)N(CC=C)Cn2nnc4ccccc42)N(CCCCO)C(=O)[C@H]13. The van der Waals surface area contributed by atoms with E-state index in [0.29, 0.717) is 25.8 Å². The highest BCUT2D eigenvalue weighted by molar-refractivity contribution is 8.02. The number of esters is 1. The summed E-state index contributed by atoms with van der Waals surface area (Å²) in [6.45, 7) is 8.31. The number of aliphatic hydroxyl groups is 1. The molecular formula is C27H33N5O5S. The monoisotopic (exact) mass is 539 g/mol. The molecule has 10 nitrogen and oxygen atoms in total. The zero-order chi connectivity index (χ0) is 26.9. The molecule has 1 N–H and O–H groups in total. The van der Waals surface area contributed by atoms with E-state index in [1.54, 1.807) is 32.3 Å². The lowest BCUT2D eigenvalue weighted by Crippen LogP contribution is -2.55. The third-order valence-corrected chi connectivity index (χ3v) is 9.79. The van der Waals surface area contributed by atoms with Gasteiger partial charge in [0.1, 0.15) is 24.8 Å². The number of hydrogen-bond donors (Lipinski definition) is 1. The van der Waals surface area contributed by atoms with Gasteiger partial charge in [-0.25, -0.2) is 4.68 Å². The van der Waals surface area contributed by atoms with Crippen LogP contribution in [0.4, 0.5) is 0 Å². The molecule has 5 atom stereocenters. The van der Waals surface area contributed by atoms with Crippen molar-refractivity contribution in [2.45, 2.75) is 48.4 Å². The summed E-state index contributed by atoms with van der Waals surface area (Å²) in [6.07, 6.45) is 5.66. The van der Waals surface area contributed by atoms with Gasteiger partial charge in [-0.05, 0) is 37.8 Å². The summed E-state index contributed by atoms with van der Waals surface area (Å²) in [4.78, 5) is 44.7. The van der Waals surface area contributed by atoms with Gasteiger partial charge in [-0.15, -0.1) is 23.4 Å². The molecule has 2 amide bonds. The second kappa shape index (κ2) is 10.9. The highest BCUT2D eigenvalue weighted by Crippen LogP contribution is 2.66. The Labute approximate surface area is 225 Å². The molecule has 38 heavy (non-hydrogen) atoms. The maximum Gasteiger partial charge on any atom is 0.311 e. The number of ether oxygens (including phenoxy) is 1. The fourth-order valence-corrected chi connectivity index (χ4v) is 8.50. The van der Waals surface area contributed by atoms with Crippen LogP contribution in [0.25, 0.3) is 11.0 Å². The molecule has 4 heterocycles. The Morgan fingerprint density at radius 3 is 2.84 bits per heavy atom. The summed E-state index contributed by atoms with van der Waals surface area (Å²) in [7, 11) is 0. The van der Waals surface area contributed by atoms with E-state index >= 15 is 0 Å². The van der Waals surface area contributed by atoms with E-state index in [9.17, 15) is 19.5 Å². The molecule has 3 aliphatic rings. The highest BCUT2D eigenvalue weighted by Gasteiger charge is 2.74. The van der Waals surface area contributed by atoms with Crippen molar-refractivity contribution in [3.8, 4) is 0 Å². The number of thioether (sulfide) groups is 1. The van der Waals surface area contributed by atoms with Gasteiger partial charge < -0.3 is 19.6 Å². The van der Waals surface area contributed by atoms with Gasteiger partial charge in [0.05, 0.1) is 22.1 Å². The fraction of sp³-hybridized carbons (Fsp3) is 0.519. The smallest absolute Gasteiger partial charge is 0.311 e. The van der Waals surface area contributed by atoms with Crippen LogP contribution in [0.2, 0.25) is 0 Å². The molecule has 202 valence electrons. The Morgan fingerprint density at radius 1 is 1.26 bits per heavy atom. The summed E-state index contributed by atoms with van der Waals surface area (Å²) in [6, 6.07) is 6.80. The molecule has 11 heteroatoms. The number of aliphatic hydroxyl groups excluding tert-OH is 1. The van der Waals surface area contributed by atoms with Gasteiger partial charge in [-0.1, -0.05) is 36.1 Å². The molecule has 0 radical (unpaired) electrons. The molecular weight excluding hydrogens is 506 g/mol. The van der Waals surface area contributed by atoms with Crippen molar-refractivity contribution >= 4 is 40.6 Å². The van der Waals surface area contributed by atoms with Gasteiger partial charge in [0.25, 0.3) is 0 Å². The molecule has 3 fully saturated rings. The van der Waals surface area contributed by atoms with Gasteiger partial charge in [0.15, 0.2) is 0 Å². The third kappa shape index (κ3) is 4.31. The van der Waals surface area contributed by atoms with Crippen molar-refractivity contribution < 1.29 is 24.2 Å². The van der Waals surface area contributed by atoms with Crippen LogP contribution in [0.1, 0.15) is 25.7 Å². The van der Waals surface area contributed by atoms with Crippen LogP contribution in [-0.2, 0) is 25.8 Å². The molecule has 3 aliphatic heterocycles. The molecule has 2 unspecified atom stereocenters. The van der Waals surface area contributed by atoms with Gasteiger partial charge in [-0.3, -0.25) is 14.4 Å². The van der Waals surface area contributed by atoms with Crippen LogP contribution in [-0.4, -0.2) is 90.0 Å². The summed E-state index contributed by atoms with van der Waals surface area (Å²) in [5.41, 5.74) is 1.53. The van der Waals surface area contributed by atoms with E-state index < -0.39 is 28.6 Å². The Bertz CT molecular complexity index is 1250. The minimum Gasteiger partial charge on any atom is -0.461 e. The van der Waals surface area contributed by atoms with Crippen molar-refractivity contribution in [1.82, 2.24) is 24.8 Å². The van der Waals surface area contributed by atoms with Crippen LogP contribution in [0.3, 0.4) is 0 Å². The number of unbranched alkanes of at least 4 members (excludes halogenated alkanes) is 1. The van der Waals surface area contributed by atoms with Gasteiger partial charge in [-0.2, -0.15) is 0 Å². The Hall–Kier alpha value is -3.18. The number of carbonyl (C=O) groups excluding carboxylic acids is 3. The highest BCUT2D eigenvalue weighted by atomic mass is 32.2. The van der Waals surface area contributed by atoms with Gasteiger partial charge in [0, 0.05) is 24.9 Å². The molecule has 2 bridgehead atoms. The van der Waals surface area contributed by atoms with Crippen LogP contribution >= 0.6 is 11.8 Å². The first kappa shape index (κ1) is 26.4. The predicted octanol–water partition coefficient (Wildman–Crippen LogP) is 2.00. The summed E-state index contributed by atoms with van der Waals surface area (Å²) in [5.74, 6) is -1.99. The van der Waals surface area contributed by atoms with Crippen molar-refractivity contribution in [2.24, 2.45) is 11.8 Å². The van der Waals surface area contributed by atoms with E-state index in [1.165, 1.54) is 6.08 Å². The first-order valence-electron chi connectivity index (χ1n) is 13.0. The molecule has 1 aromatic heterocycles. The van der Waals surface area contributed by atoms with Crippen molar-refractivity contribution in [2.75, 3.05) is 26.3 Å². The average Bonchev–Trinajstić information content (AvgIpc) is 3.67. The van der Waals surface area contributed by atoms with Gasteiger partial charge in [0.2, 0.25) is 11.8 Å². The number of benzene rings is 1. The number of likely N-dealkylation sites (tertiary alicyclic amines) is 1. The number of rotatable bonds is 12. The average molecular weight is 540 g/mol. The van der Waals surface area contributed by atoms with Crippen molar-refractivity contribution in [3.05, 3.63) is 49.6 Å². The lowest BCUT2D eigenvalue weighted by atomic mass is 9.71. The summed E-state index contributed by atoms with van der Waals surface area (Å²) >= 11 is 1.60. The largest absolute Gasteiger partial charge is 0.461 e. The number of carbonyl (C=O) groups is 3. The number of nitrogens with zero attached hydrogens (tertiary/aromatic N) is 5. The molecule has 0 saturated carbocycles. The van der Waals surface area contributed by atoms with E-state index in [4.69, 9.17) is 4.74 Å². The van der Waals surface area contributed by atoms with Crippen LogP contribution in [0.15, 0.2) is 49.6 Å². The van der Waals surface area contributed by atoms with E-state index in [-0.39, 0.29) is 43.5 Å². The molecule has 5 rings (SSSR count). The Balaban J connectivity index is 1.49. The molecule has 1 spiro atoms. The zero-order valence-corrected chi connectivity index (χ0v) is 22.1. The topological polar surface area (TPSA) is 118 Å². The van der Waals surface area contributed by atoms with E-state index in [1.807, 2.05) is 24.3 Å². The number of para-hydroxylation sites is 1. The number of hydrogen-bond acceptors (Lipinski definition) is 8. The summed E-state index contributed by atoms with van der Waals surface area (Å²) < 4.78 is 6.37. The lowest BCUT2D eigenvalue weighted by Gasteiger charge is -2.37. The molecule has 1 aromatic carbocycles. The standard InChI is InChI=1S/C27H33N5O5S/c1-3-13-30(17-32-19-10-6-5-9-18(19)28-29-32)25(35)23-27-12-11-20(38-27)21(26(36)37-16-4-2)22(27)24(34)31(23)14-7-8-15-33/h3-6,9-10,20-23,33H,1-2,7-8,11-17H2/t20-,21+,22-,23?,27?/m0/s1. The van der Waals surface area contributed by atoms with Crippen LogP contribution in [0.5, 0.6) is 0 Å². The fourth-order valence-electron chi connectivity index (χ4n) is 6.30. The zero-order valence-electron chi connectivity index (χ0n) is 21.3. The third-order valence-electron chi connectivity index (χ3n) is 7.84. The first-order chi connectivity index (χ1) is 18.5. The molecule has 0 aliphatic carbocycles. The quantitative estimate of drug-likeness (QED) is 0.247. The molecule has 3 saturated heterocycles.